The largest absolute Gasteiger partial charge is 0.497 e. The van der Waals surface area contributed by atoms with Crippen molar-refractivity contribution in [2.45, 2.75) is 38.2 Å². The number of methoxy groups -OCH3 is 1. The zero-order chi connectivity index (χ0) is 20.6. The van der Waals surface area contributed by atoms with Crippen LogP contribution < -0.4 is 20.5 Å². The fourth-order valence-corrected chi connectivity index (χ4v) is 3.20. The second-order valence-electron chi connectivity index (χ2n) is 6.98. The van der Waals surface area contributed by atoms with E-state index in [1.165, 1.54) is 12.5 Å². The lowest BCUT2D eigenvalue weighted by atomic mass is 9.98. The third-order valence-corrected chi connectivity index (χ3v) is 4.81. The standard InChI is InChI=1S/C22H26N2O5/c1-27-17-10-8-16(9-11-17)24-21(25)14-28-20-13-15(7-12-19(20)23)22(26)29-18-5-3-2-4-6-18/h7-13,18H,2-6,14,23H2,1H3,(H,24,25). The molecular weight excluding hydrogens is 372 g/mol. The molecule has 2 aromatic rings. The van der Waals surface area contributed by atoms with E-state index in [-0.39, 0.29) is 24.4 Å². The van der Waals surface area contributed by atoms with Crippen LogP contribution in [0.1, 0.15) is 42.5 Å². The van der Waals surface area contributed by atoms with Gasteiger partial charge in [-0.15, -0.1) is 0 Å². The number of anilines is 2. The Morgan fingerprint density at radius 2 is 1.79 bits per heavy atom. The van der Waals surface area contributed by atoms with E-state index in [9.17, 15) is 9.59 Å². The van der Waals surface area contributed by atoms with Crippen molar-refractivity contribution >= 4 is 23.3 Å². The Bertz CT molecular complexity index is 845. The maximum Gasteiger partial charge on any atom is 0.338 e. The van der Waals surface area contributed by atoms with Crippen LogP contribution in [-0.4, -0.2) is 31.7 Å². The minimum atomic E-state index is -0.399. The van der Waals surface area contributed by atoms with Crippen LogP contribution >= 0.6 is 0 Å². The van der Waals surface area contributed by atoms with Crippen LogP contribution in [0.3, 0.4) is 0 Å². The van der Waals surface area contributed by atoms with Gasteiger partial charge in [-0.2, -0.15) is 0 Å². The summed E-state index contributed by atoms with van der Waals surface area (Å²) < 4.78 is 16.2. The molecule has 0 atom stereocenters. The Hall–Kier alpha value is -3.22. The normalized spacial score (nSPS) is 14.1. The molecule has 0 radical (unpaired) electrons. The van der Waals surface area contributed by atoms with Crippen molar-refractivity contribution < 1.29 is 23.8 Å². The summed E-state index contributed by atoms with van der Waals surface area (Å²) in [5.41, 5.74) is 7.25. The van der Waals surface area contributed by atoms with E-state index in [0.29, 0.717) is 22.7 Å². The highest BCUT2D eigenvalue weighted by atomic mass is 16.5. The number of ether oxygens (including phenoxy) is 3. The van der Waals surface area contributed by atoms with Crippen LogP contribution in [0.4, 0.5) is 11.4 Å². The lowest BCUT2D eigenvalue weighted by molar-refractivity contribution is -0.118. The maximum absolute atomic E-state index is 12.4. The number of carbonyl (C=O) groups is 2. The molecule has 0 unspecified atom stereocenters. The predicted octanol–water partition coefficient (Wildman–Crippen LogP) is 3.78. The third-order valence-electron chi connectivity index (χ3n) is 4.81. The zero-order valence-electron chi connectivity index (χ0n) is 16.5. The van der Waals surface area contributed by atoms with Crippen LogP contribution in [0.25, 0.3) is 0 Å². The minimum Gasteiger partial charge on any atom is -0.497 e. The number of hydrogen-bond donors (Lipinski definition) is 2. The molecule has 7 nitrogen and oxygen atoms in total. The van der Waals surface area contributed by atoms with Gasteiger partial charge in [0.1, 0.15) is 17.6 Å². The predicted molar refractivity (Wildman–Crippen MR) is 110 cm³/mol. The molecule has 29 heavy (non-hydrogen) atoms. The van der Waals surface area contributed by atoms with Gasteiger partial charge >= 0.3 is 5.97 Å². The molecular formula is C22H26N2O5. The second kappa shape index (κ2) is 9.82. The highest BCUT2D eigenvalue weighted by Crippen LogP contribution is 2.26. The smallest absolute Gasteiger partial charge is 0.338 e. The lowest BCUT2D eigenvalue weighted by Crippen LogP contribution is -2.22. The number of rotatable bonds is 7. The van der Waals surface area contributed by atoms with Crippen LogP contribution in [0.2, 0.25) is 0 Å². The highest BCUT2D eigenvalue weighted by Gasteiger charge is 2.19. The molecule has 0 saturated heterocycles. The fraction of sp³-hybridized carbons (Fsp3) is 0.364. The molecule has 7 heteroatoms. The molecule has 1 saturated carbocycles. The fourth-order valence-electron chi connectivity index (χ4n) is 3.20. The van der Waals surface area contributed by atoms with E-state index in [0.717, 1.165) is 25.7 Å². The average Bonchev–Trinajstić information content (AvgIpc) is 2.74. The van der Waals surface area contributed by atoms with Crippen molar-refractivity contribution in [3.63, 3.8) is 0 Å². The van der Waals surface area contributed by atoms with Gasteiger partial charge in [0.05, 0.1) is 18.4 Å². The van der Waals surface area contributed by atoms with Gasteiger partial charge in [0.25, 0.3) is 5.91 Å². The number of amides is 1. The van der Waals surface area contributed by atoms with Crippen molar-refractivity contribution in [2.24, 2.45) is 0 Å². The van der Waals surface area contributed by atoms with Gasteiger partial charge in [0, 0.05) is 5.69 Å². The SMILES string of the molecule is COc1ccc(NC(=O)COc2cc(C(=O)OC3CCCCC3)ccc2N)cc1. The van der Waals surface area contributed by atoms with E-state index >= 15 is 0 Å². The summed E-state index contributed by atoms with van der Waals surface area (Å²) in [7, 11) is 1.57. The van der Waals surface area contributed by atoms with Crippen LogP contribution in [-0.2, 0) is 9.53 Å². The van der Waals surface area contributed by atoms with Crippen molar-refractivity contribution in [2.75, 3.05) is 24.8 Å². The average molecular weight is 398 g/mol. The molecule has 0 spiro atoms. The molecule has 0 aliphatic heterocycles. The van der Waals surface area contributed by atoms with E-state index in [2.05, 4.69) is 5.32 Å². The van der Waals surface area contributed by atoms with Gasteiger partial charge in [-0.3, -0.25) is 4.79 Å². The molecule has 2 aromatic carbocycles. The molecule has 3 rings (SSSR count). The van der Waals surface area contributed by atoms with Crippen molar-refractivity contribution in [3.8, 4) is 11.5 Å². The summed E-state index contributed by atoms with van der Waals surface area (Å²) in [6, 6.07) is 11.6. The van der Waals surface area contributed by atoms with Gasteiger partial charge in [0.2, 0.25) is 0 Å². The molecule has 1 fully saturated rings. The molecule has 154 valence electrons. The van der Waals surface area contributed by atoms with Gasteiger partial charge in [0.15, 0.2) is 6.61 Å². The Morgan fingerprint density at radius 3 is 2.48 bits per heavy atom. The summed E-state index contributed by atoms with van der Waals surface area (Å²) in [6.07, 6.45) is 5.11. The Morgan fingerprint density at radius 1 is 1.07 bits per heavy atom. The number of nitrogen functional groups attached to an aromatic ring is 1. The molecule has 1 aliphatic rings. The summed E-state index contributed by atoms with van der Waals surface area (Å²) >= 11 is 0. The number of nitrogens with one attached hydrogen (secondary N) is 1. The van der Waals surface area contributed by atoms with Crippen molar-refractivity contribution in [1.29, 1.82) is 0 Å². The van der Waals surface area contributed by atoms with Gasteiger partial charge in [-0.1, -0.05) is 6.42 Å². The minimum absolute atomic E-state index is 0.0338. The summed E-state index contributed by atoms with van der Waals surface area (Å²) in [5.74, 6) is 0.228. The van der Waals surface area contributed by atoms with E-state index < -0.39 is 5.97 Å². The number of carbonyl (C=O) groups excluding carboxylic acids is 2. The second-order valence-corrected chi connectivity index (χ2v) is 6.98. The Balaban J connectivity index is 1.56. The van der Waals surface area contributed by atoms with Gasteiger partial charge in [-0.25, -0.2) is 4.79 Å². The first-order valence-electron chi connectivity index (χ1n) is 9.72. The number of esters is 1. The highest BCUT2D eigenvalue weighted by molar-refractivity contribution is 5.92. The van der Waals surface area contributed by atoms with E-state index in [4.69, 9.17) is 19.9 Å². The topological polar surface area (TPSA) is 99.9 Å². The van der Waals surface area contributed by atoms with Crippen molar-refractivity contribution in [1.82, 2.24) is 0 Å². The Labute approximate surface area is 170 Å². The molecule has 0 aromatic heterocycles. The van der Waals surface area contributed by atoms with Gasteiger partial charge in [-0.05, 0) is 68.1 Å². The lowest BCUT2D eigenvalue weighted by Gasteiger charge is -2.22. The molecule has 3 N–H and O–H groups in total. The van der Waals surface area contributed by atoms with Crippen LogP contribution in [0.15, 0.2) is 42.5 Å². The quantitative estimate of drug-likeness (QED) is 0.544. The van der Waals surface area contributed by atoms with Crippen LogP contribution in [0.5, 0.6) is 11.5 Å². The molecule has 1 amide bonds. The molecule has 0 bridgehead atoms. The number of benzene rings is 2. The van der Waals surface area contributed by atoms with E-state index in [1.54, 1.807) is 43.5 Å². The molecule has 1 aliphatic carbocycles. The summed E-state index contributed by atoms with van der Waals surface area (Å²) in [5, 5.41) is 2.72. The first-order valence-corrected chi connectivity index (χ1v) is 9.72. The zero-order valence-corrected chi connectivity index (χ0v) is 16.5. The van der Waals surface area contributed by atoms with Crippen molar-refractivity contribution in [3.05, 3.63) is 48.0 Å². The Kier molecular flexibility index (Phi) is 6.94. The first-order chi connectivity index (χ1) is 14.0. The van der Waals surface area contributed by atoms with Crippen LogP contribution in [0, 0.1) is 0 Å². The van der Waals surface area contributed by atoms with Gasteiger partial charge < -0.3 is 25.3 Å². The number of nitrogens with two attached hydrogens (primary N) is 1. The monoisotopic (exact) mass is 398 g/mol. The third kappa shape index (κ3) is 5.88. The van der Waals surface area contributed by atoms with E-state index in [1.807, 2.05) is 0 Å². The summed E-state index contributed by atoms with van der Waals surface area (Å²) in [6.45, 7) is -0.239. The maximum atomic E-state index is 12.4. The first kappa shape index (κ1) is 20.5. The molecule has 0 heterocycles. The summed E-state index contributed by atoms with van der Waals surface area (Å²) in [4.78, 5) is 24.5. The number of hydrogen-bond acceptors (Lipinski definition) is 6.